The highest BCUT2D eigenvalue weighted by Gasteiger charge is 2.17. The van der Waals surface area contributed by atoms with E-state index in [0.29, 0.717) is 6.54 Å². The summed E-state index contributed by atoms with van der Waals surface area (Å²) in [6, 6.07) is 2.13. The van der Waals surface area contributed by atoms with Gasteiger partial charge >= 0.3 is 0 Å². The van der Waals surface area contributed by atoms with Gasteiger partial charge in [0.1, 0.15) is 5.75 Å². The van der Waals surface area contributed by atoms with Crippen LogP contribution in [0.5, 0.6) is 5.75 Å². The van der Waals surface area contributed by atoms with E-state index in [1.165, 1.54) is 5.56 Å². The summed E-state index contributed by atoms with van der Waals surface area (Å²) in [5, 5.41) is 0. The average Bonchev–Trinajstić information content (AvgIpc) is 2.76. The molecule has 0 saturated carbocycles. The van der Waals surface area contributed by atoms with Crippen LogP contribution in [0, 0.1) is 20.8 Å². The highest BCUT2D eigenvalue weighted by molar-refractivity contribution is 9.10. The highest BCUT2D eigenvalue weighted by atomic mass is 79.9. The lowest BCUT2D eigenvalue weighted by atomic mass is 9.95. The molecule has 3 N–H and O–H groups in total. The molecule has 0 radical (unpaired) electrons. The Kier molecular flexibility index (Phi) is 4.50. The molecule has 5 heteroatoms. The van der Waals surface area contributed by atoms with Crippen molar-refractivity contribution in [2.24, 2.45) is 5.73 Å². The van der Waals surface area contributed by atoms with E-state index >= 15 is 0 Å². The summed E-state index contributed by atoms with van der Waals surface area (Å²) in [5.74, 6) is 0.946. The molecule has 1 aromatic heterocycles. The molecule has 1 aromatic carbocycles. The first-order valence-electron chi connectivity index (χ1n) is 6.59. The second kappa shape index (κ2) is 5.97. The zero-order valence-corrected chi connectivity index (χ0v) is 13.9. The van der Waals surface area contributed by atoms with E-state index in [-0.39, 0.29) is 0 Å². The summed E-state index contributed by atoms with van der Waals surface area (Å²) >= 11 is 3.41. The zero-order chi connectivity index (χ0) is 14.9. The molecule has 0 amide bonds. The molecule has 0 spiro atoms. The lowest BCUT2D eigenvalue weighted by molar-refractivity contribution is 0.408. The SMILES string of the molecule is COc1c(C)cc(-c2nc(Br)[nH]c2CCN)c(C)c1C. The van der Waals surface area contributed by atoms with Gasteiger partial charge in [0.15, 0.2) is 4.73 Å². The van der Waals surface area contributed by atoms with Crippen molar-refractivity contribution in [3.05, 3.63) is 33.2 Å². The van der Waals surface area contributed by atoms with Crippen molar-refractivity contribution >= 4 is 15.9 Å². The van der Waals surface area contributed by atoms with Crippen LogP contribution in [0.15, 0.2) is 10.8 Å². The molecule has 2 rings (SSSR count). The number of imidazole rings is 1. The minimum absolute atomic E-state index is 0.592. The lowest BCUT2D eigenvalue weighted by Crippen LogP contribution is -2.05. The summed E-state index contributed by atoms with van der Waals surface area (Å²) in [6.07, 6.45) is 0.775. The third kappa shape index (κ3) is 2.60. The van der Waals surface area contributed by atoms with Crippen LogP contribution in [-0.2, 0) is 6.42 Å². The van der Waals surface area contributed by atoms with E-state index in [1.54, 1.807) is 7.11 Å². The number of aromatic amines is 1. The number of nitrogens with two attached hydrogens (primary N) is 1. The van der Waals surface area contributed by atoms with Gasteiger partial charge in [-0.2, -0.15) is 0 Å². The quantitative estimate of drug-likeness (QED) is 0.899. The van der Waals surface area contributed by atoms with E-state index in [2.05, 4.69) is 52.7 Å². The van der Waals surface area contributed by atoms with Gasteiger partial charge in [-0.05, 0) is 66.0 Å². The largest absolute Gasteiger partial charge is 0.496 e. The van der Waals surface area contributed by atoms with Crippen LogP contribution in [0.4, 0.5) is 0 Å². The predicted molar refractivity (Wildman–Crippen MR) is 85.2 cm³/mol. The van der Waals surface area contributed by atoms with Gasteiger partial charge in [-0.1, -0.05) is 0 Å². The number of H-pyrrole nitrogens is 1. The van der Waals surface area contributed by atoms with Crippen LogP contribution in [0.25, 0.3) is 11.3 Å². The van der Waals surface area contributed by atoms with E-state index in [9.17, 15) is 0 Å². The Morgan fingerprint density at radius 3 is 2.60 bits per heavy atom. The first kappa shape index (κ1) is 15.1. The molecule has 108 valence electrons. The predicted octanol–water partition coefficient (Wildman–Crippen LogP) is 3.27. The Bertz CT molecular complexity index is 635. The monoisotopic (exact) mass is 337 g/mol. The number of hydrogen-bond acceptors (Lipinski definition) is 3. The molecule has 0 saturated heterocycles. The molecule has 0 aliphatic heterocycles. The number of aryl methyl sites for hydroxylation is 1. The maximum atomic E-state index is 5.68. The molecule has 2 aromatic rings. The third-order valence-corrected chi connectivity index (χ3v) is 4.01. The average molecular weight is 338 g/mol. The standard InChI is InChI=1S/C15H20BrN3O/c1-8-7-11(9(2)10(3)14(8)20-4)13-12(5-6-17)18-15(16)19-13/h7H,5-6,17H2,1-4H3,(H,18,19). The van der Waals surface area contributed by atoms with Gasteiger partial charge in [-0.25, -0.2) is 4.98 Å². The molecule has 1 heterocycles. The van der Waals surface area contributed by atoms with Crippen molar-refractivity contribution in [2.45, 2.75) is 27.2 Å². The normalized spacial score (nSPS) is 10.9. The Hall–Kier alpha value is -1.33. The molecule has 0 fully saturated rings. The second-order valence-electron chi connectivity index (χ2n) is 4.92. The number of benzene rings is 1. The van der Waals surface area contributed by atoms with Crippen molar-refractivity contribution < 1.29 is 4.74 Å². The van der Waals surface area contributed by atoms with Crippen molar-refractivity contribution in [1.29, 1.82) is 0 Å². The maximum Gasteiger partial charge on any atom is 0.175 e. The molecule has 4 nitrogen and oxygen atoms in total. The second-order valence-corrected chi connectivity index (χ2v) is 5.67. The fourth-order valence-electron chi connectivity index (χ4n) is 2.54. The molecule has 20 heavy (non-hydrogen) atoms. The van der Waals surface area contributed by atoms with Gasteiger partial charge in [0.25, 0.3) is 0 Å². The van der Waals surface area contributed by atoms with Gasteiger partial charge in [-0.15, -0.1) is 0 Å². The first-order chi connectivity index (χ1) is 9.49. The molecule has 0 unspecified atom stereocenters. The summed E-state index contributed by atoms with van der Waals surface area (Å²) < 4.78 is 6.21. The third-order valence-electron chi connectivity index (χ3n) is 3.63. The number of hydrogen-bond donors (Lipinski definition) is 2. The van der Waals surface area contributed by atoms with Crippen molar-refractivity contribution in [2.75, 3.05) is 13.7 Å². The minimum Gasteiger partial charge on any atom is -0.496 e. The van der Waals surface area contributed by atoms with Crippen molar-refractivity contribution in [1.82, 2.24) is 9.97 Å². The van der Waals surface area contributed by atoms with Crippen molar-refractivity contribution in [3.8, 4) is 17.0 Å². The summed E-state index contributed by atoms with van der Waals surface area (Å²) in [4.78, 5) is 7.80. The number of methoxy groups -OCH3 is 1. The number of nitrogens with one attached hydrogen (secondary N) is 1. The Morgan fingerprint density at radius 1 is 1.30 bits per heavy atom. The Labute approximate surface area is 127 Å². The number of nitrogens with zero attached hydrogens (tertiary/aromatic N) is 1. The number of rotatable bonds is 4. The van der Waals surface area contributed by atoms with Gasteiger partial charge in [0.2, 0.25) is 0 Å². The summed E-state index contributed by atoms with van der Waals surface area (Å²) in [6.45, 7) is 6.82. The molecular weight excluding hydrogens is 318 g/mol. The van der Waals surface area contributed by atoms with Gasteiger partial charge in [-0.3, -0.25) is 0 Å². The van der Waals surface area contributed by atoms with E-state index in [4.69, 9.17) is 10.5 Å². The molecule has 0 atom stereocenters. The number of ether oxygens (including phenoxy) is 1. The van der Waals surface area contributed by atoms with E-state index in [0.717, 1.165) is 45.0 Å². The lowest BCUT2D eigenvalue weighted by Gasteiger charge is -2.15. The number of halogens is 1. The fourth-order valence-corrected chi connectivity index (χ4v) is 2.96. The topological polar surface area (TPSA) is 63.9 Å². The highest BCUT2D eigenvalue weighted by Crippen LogP contribution is 2.35. The van der Waals surface area contributed by atoms with Crippen LogP contribution in [0.1, 0.15) is 22.4 Å². The van der Waals surface area contributed by atoms with Crippen LogP contribution < -0.4 is 10.5 Å². The van der Waals surface area contributed by atoms with Crippen molar-refractivity contribution in [3.63, 3.8) is 0 Å². The smallest absolute Gasteiger partial charge is 0.175 e. The van der Waals surface area contributed by atoms with Gasteiger partial charge in [0, 0.05) is 17.7 Å². The van der Waals surface area contributed by atoms with Gasteiger partial charge < -0.3 is 15.5 Å². The van der Waals surface area contributed by atoms with Crippen LogP contribution in [0.2, 0.25) is 0 Å². The number of aromatic nitrogens is 2. The summed E-state index contributed by atoms with van der Waals surface area (Å²) in [5.41, 5.74) is 12.3. The first-order valence-corrected chi connectivity index (χ1v) is 7.38. The van der Waals surface area contributed by atoms with E-state index in [1.807, 2.05) is 0 Å². The minimum atomic E-state index is 0.592. The van der Waals surface area contributed by atoms with E-state index < -0.39 is 0 Å². The van der Waals surface area contributed by atoms with Crippen LogP contribution in [-0.4, -0.2) is 23.6 Å². The molecule has 0 aliphatic carbocycles. The van der Waals surface area contributed by atoms with Crippen LogP contribution in [0.3, 0.4) is 0 Å². The molecule has 0 aliphatic rings. The van der Waals surface area contributed by atoms with Crippen LogP contribution >= 0.6 is 15.9 Å². The Morgan fingerprint density at radius 2 is 2.00 bits per heavy atom. The summed E-state index contributed by atoms with van der Waals surface area (Å²) in [7, 11) is 1.71. The Balaban J connectivity index is 2.64. The maximum absolute atomic E-state index is 5.68. The fraction of sp³-hybridized carbons (Fsp3) is 0.400. The molecular formula is C15H20BrN3O. The molecule has 0 bridgehead atoms. The zero-order valence-electron chi connectivity index (χ0n) is 12.3. The van der Waals surface area contributed by atoms with Gasteiger partial charge in [0.05, 0.1) is 12.8 Å².